The first-order valence-corrected chi connectivity index (χ1v) is 3.33. The van der Waals surface area contributed by atoms with Crippen LogP contribution in [0.4, 0.5) is 0 Å². The Bertz CT molecular complexity index is 281. The van der Waals surface area contributed by atoms with Gasteiger partial charge in [-0.25, -0.2) is 4.79 Å². The predicted octanol–water partition coefficient (Wildman–Crippen LogP) is 1.52. The fourth-order valence-electron chi connectivity index (χ4n) is 0.814. The summed E-state index contributed by atoms with van der Waals surface area (Å²) in [5.74, 6) is 0.0202. The molecule has 0 amide bonds. The molecule has 3 nitrogen and oxygen atoms in total. The lowest BCUT2D eigenvalue weighted by Crippen LogP contribution is -2.00. The van der Waals surface area contributed by atoms with Crippen molar-refractivity contribution in [2.24, 2.45) is 0 Å². The molecule has 62 valence electrons. The van der Waals surface area contributed by atoms with Crippen LogP contribution in [0.2, 0.25) is 0 Å². The molecule has 0 heterocycles. The van der Waals surface area contributed by atoms with Crippen LogP contribution in [0.5, 0.6) is 5.75 Å². The van der Waals surface area contributed by atoms with Crippen molar-refractivity contribution in [3.8, 4) is 5.75 Å². The molecule has 0 bridgehead atoms. The number of ether oxygens (including phenoxy) is 2. The van der Waals surface area contributed by atoms with Crippen LogP contribution in [-0.4, -0.2) is 13.1 Å². The Morgan fingerprint density at radius 3 is 2.83 bits per heavy atom. The normalized spacial score (nSPS) is 9.17. The van der Waals surface area contributed by atoms with Crippen LogP contribution in [-0.2, 0) is 4.74 Å². The van der Waals surface area contributed by atoms with Crippen LogP contribution in [0.15, 0.2) is 24.3 Å². The lowest BCUT2D eigenvalue weighted by Gasteiger charge is -2.01. The van der Waals surface area contributed by atoms with Gasteiger partial charge in [-0.1, -0.05) is 6.07 Å². The van der Waals surface area contributed by atoms with E-state index in [1.165, 1.54) is 13.2 Å². The molecule has 0 fully saturated rings. The maximum Gasteiger partial charge on any atom is 0.337 e. The summed E-state index contributed by atoms with van der Waals surface area (Å²) in [7, 11) is 6.23. The quantitative estimate of drug-likeness (QED) is 0.621. The van der Waals surface area contributed by atoms with Gasteiger partial charge in [-0.05, 0) is 18.2 Å². The lowest BCUT2D eigenvalue weighted by atomic mass is 10.2. The summed E-state index contributed by atoms with van der Waals surface area (Å²) in [4.78, 5) is 11.0. The van der Waals surface area contributed by atoms with Gasteiger partial charge in [0.05, 0.1) is 12.7 Å². The van der Waals surface area contributed by atoms with Crippen LogP contribution in [0.25, 0.3) is 0 Å². The molecule has 0 aliphatic heterocycles. The molecule has 12 heavy (non-hydrogen) atoms. The van der Waals surface area contributed by atoms with Crippen molar-refractivity contribution in [2.45, 2.75) is 0 Å². The van der Waals surface area contributed by atoms with Crippen molar-refractivity contribution in [1.29, 1.82) is 0 Å². The van der Waals surface area contributed by atoms with E-state index >= 15 is 0 Å². The highest BCUT2D eigenvalue weighted by atomic mass is 16.5. The highest BCUT2D eigenvalue weighted by Crippen LogP contribution is 2.13. The number of rotatable bonds is 2. The van der Waals surface area contributed by atoms with E-state index in [0.29, 0.717) is 11.3 Å². The molecule has 0 unspecified atom stereocenters. The summed E-state index contributed by atoms with van der Waals surface area (Å²) >= 11 is 0. The number of benzene rings is 1. The number of methoxy groups -OCH3 is 1. The minimum absolute atomic E-state index is 0.408. The van der Waals surface area contributed by atoms with Gasteiger partial charge in [0.25, 0.3) is 0 Å². The summed E-state index contributed by atoms with van der Waals surface area (Å²) in [5.41, 5.74) is 0.417. The standard InChI is InChI=1S/C9H8O3/c1-11-8-5-3-4-7(6-8)9(10)12-2/h1,3-6H,2H3. The summed E-state index contributed by atoms with van der Waals surface area (Å²) in [6, 6.07) is 6.43. The molecule has 1 rings (SSSR count). The van der Waals surface area contributed by atoms with Gasteiger partial charge in [0, 0.05) is 0 Å². The first-order chi connectivity index (χ1) is 5.77. The Morgan fingerprint density at radius 2 is 2.25 bits per heavy atom. The predicted molar refractivity (Wildman–Crippen MR) is 42.7 cm³/mol. The van der Waals surface area contributed by atoms with Crippen molar-refractivity contribution in [3.63, 3.8) is 0 Å². The second-order valence-corrected chi connectivity index (χ2v) is 2.14. The van der Waals surface area contributed by atoms with Crippen molar-refractivity contribution < 1.29 is 14.3 Å². The van der Waals surface area contributed by atoms with Crippen LogP contribution in [0.3, 0.4) is 0 Å². The summed E-state index contributed by atoms with van der Waals surface area (Å²) < 4.78 is 8.94. The molecule has 0 aliphatic rings. The van der Waals surface area contributed by atoms with Gasteiger partial charge in [0.15, 0.2) is 7.11 Å². The van der Waals surface area contributed by atoms with E-state index in [-0.39, 0.29) is 0 Å². The van der Waals surface area contributed by atoms with E-state index in [0.717, 1.165) is 0 Å². The Kier molecular flexibility index (Phi) is 2.69. The van der Waals surface area contributed by atoms with E-state index in [2.05, 4.69) is 9.47 Å². The average Bonchev–Trinajstić information content (AvgIpc) is 2.17. The van der Waals surface area contributed by atoms with E-state index in [4.69, 9.17) is 7.11 Å². The van der Waals surface area contributed by atoms with E-state index in [1.54, 1.807) is 18.2 Å². The maximum absolute atomic E-state index is 11.0. The molecule has 0 atom stereocenters. The summed E-state index contributed by atoms with van der Waals surface area (Å²) in [6.07, 6.45) is 0. The maximum atomic E-state index is 11.0. The van der Waals surface area contributed by atoms with Gasteiger partial charge in [-0.2, -0.15) is 0 Å². The minimum atomic E-state index is -0.408. The van der Waals surface area contributed by atoms with Gasteiger partial charge < -0.3 is 9.47 Å². The zero-order valence-electron chi connectivity index (χ0n) is 6.61. The Morgan fingerprint density at radius 1 is 1.50 bits per heavy atom. The number of hydrogen-bond acceptors (Lipinski definition) is 3. The Labute approximate surface area is 70.9 Å². The molecule has 0 aliphatic carbocycles. The van der Waals surface area contributed by atoms with Crippen LogP contribution >= 0.6 is 0 Å². The van der Waals surface area contributed by atoms with Gasteiger partial charge in [-0.3, -0.25) is 0 Å². The zero-order chi connectivity index (χ0) is 8.97. The highest BCUT2D eigenvalue weighted by Gasteiger charge is 2.04. The summed E-state index contributed by atoms with van der Waals surface area (Å²) in [6.45, 7) is 0. The third kappa shape index (κ3) is 1.75. The number of carbonyl (C=O) groups is 1. The molecular weight excluding hydrogens is 156 g/mol. The van der Waals surface area contributed by atoms with Gasteiger partial charge in [0.2, 0.25) is 0 Å². The van der Waals surface area contributed by atoms with Crippen LogP contribution in [0.1, 0.15) is 10.4 Å². The Hall–Kier alpha value is -1.51. The van der Waals surface area contributed by atoms with Crippen molar-refractivity contribution in [3.05, 3.63) is 36.9 Å². The monoisotopic (exact) mass is 164 g/mol. The van der Waals surface area contributed by atoms with Crippen molar-refractivity contribution >= 4 is 5.97 Å². The second kappa shape index (κ2) is 3.76. The van der Waals surface area contributed by atoms with Crippen LogP contribution in [0, 0.1) is 7.11 Å². The first kappa shape index (κ1) is 8.59. The number of hydrogen-bond donors (Lipinski definition) is 0. The number of esters is 1. The van der Waals surface area contributed by atoms with Gasteiger partial charge in [0.1, 0.15) is 5.75 Å². The SMILES string of the molecule is [CH]Oc1cccc(C(=O)OC)c1. The minimum Gasteiger partial charge on any atom is -0.482 e. The largest absolute Gasteiger partial charge is 0.482 e. The van der Waals surface area contributed by atoms with E-state index in [1.807, 2.05) is 0 Å². The molecule has 1 aromatic rings. The van der Waals surface area contributed by atoms with Crippen molar-refractivity contribution in [2.75, 3.05) is 7.11 Å². The second-order valence-electron chi connectivity index (χ2n) is 2.14. The average molecular weight is 164 g/mol. The zero-order valence-corrected chi connectivity index (χ0v) is 6.61. The van der Waals surface area contributed by atoms with Gasteiger partial charge in [-0.15, -0.1) is 0 Å². The van der Waals surface area contributed by atoms with Gasteiger partial charge >= 0.3 is 5.97 Å². The molecule has 1 aromatic carbocycles. The van der Waals surface area contributed by atoms with Crippen LogP contribution < -0.4 is 4.74 Å². The molecule has 0 spiro atoms. The van der Waals surface area contributed by atoms with E-state index in [9.17, 15) is 4.79 Å². The molecule has 0 aromatic heterocycles. The fraction of sp³-hybridized carbons (Fsp3) is 0.111. The molecule has 0 N–H and O–H groups in total. The third-order valence-electron chi connectivity index (χ3n) is 1.39. The van der Waals surface area contributed by atoms with Crippen molar-refractivity contribution in [1.82, 2.24) is 0 Å². The third-order valence-corrected chi connectivity index (χ3v) is 1.39. The molecule has 2 radical (unpaired) electrons. The molecule has 3 heteroatoms. The molecule has 0 saturated carbocycles. The van der Waals surface area contributed by atoms with E-state index < -0.39 is 5.97 Å². The highest BCUT2D eigenvalue weighted by molar-refractivity contribution is 5.89. The molecule has 0 saturated heterocycles. The Balaban J connectivity index is 2.93. The summed E-state index contributed by atoms with van der Waals surface area (Å²) in [5, 5.41) is 0. The lowest BCUT2D eigenvalue weighted by molar-refractivity contribution is 0.0600. The fourth-order valence-corrected chi connectivity index (χ4v) is 0.814. The topological polar surface area (TPSA) is 35.5 Å². The molecular formula is C9H8O3. The first-order valence-electron chi connectivity index (χ1n) is 3.33. The number of carbonyl (C=O) groups excluding carboxylic acids is 1. The smallest absolute Gasteiger partial charge is 0.337 e.